The maximum atomic E-state index is 13.9. The Balaban J connectivity index is 1.30. The third-order valence-electron chi connectivity index (χ3n) is 5.78. The largest absolute Gasteiger partial charge is 0.350 e. The van der Waals surface area contributed by atoms with E-state index in [1.54, 1.807) is 16.2 Å². The molecule has 1 saturated carbocycles. The van der Waals surface area contributed by atoms with Crippen LogP contribution in [0.3, 0.4) is 0 Å². The van der Waals surface area contributed by atoms with Crippen molar-refractivity contribution in [2.24, 2.45) is 5.92 Å². The minimum absolute atomic E-state index is 0.0939. The number of carbonyl (C=O) groups excluding carboxylic acids is 2. The first-order valence-electron chi connectivity index (χ1n) is 9.97. The Morgan fingerprint density at radius 3 is 2.59 bits per heavy atom. The summed E-state index contributed by atoms with van der Waals surface area (Å²) >= 11 is 1.58. The molecule has 1 aliphatic heterocycles. The van der Waals surface area contributed by atoms with Gasteiger partial charge in [-0.3, -0.25) is 9.59 Å². The number of likely N-dealkylation sites (tertiary alicyclic amines) is 1. The first-order chi connectivity index (χ1) is 14.0. The van der Waals surface area contributed by atoms with Gasteiger partial charge in [0.25, 0.3) is 5.91 Å². The predicted molar refractivity (Wildman–Crippen MR) is 106 cm³/mol. The summed E-state index contributed by atoms with van der Waals surface area (Å²) in [5.41, 5.74) is 0.771. The van der Waals surface area contributed by atoms with Crippen LogP contribution in [-0.4, -0.2) is 34.8 Å². The number of hydrogen-bond acceptors (Lipinski definition) is 4. The third kappa shape index (κ3) is 4.47. The molecule has 2 aliphatic rings. The highest BCUT2D eigenvalue weighted by atomic mass is 32.1. The Morgan fingerprint density at radius 2 is 1.93 bits per heavy atom. The van der Waals surface area contributed by atoms with Crippen LogP contribution in [0.2, 0.25) is 0 Å². The fourth-order valence-corrected chi connectivity index (χ4v) is 4.74. The SMILES string of the molecule is O=C(NCc1csc(C2CCN(C(=O)c3ccc(F)cc3F)CC2)n1)C1CCC1. The number of rotatable bonds is 5. The summed E-state index contributed by atoms with van der Waals surface area (Å²) in [7, 11) is 0. The summed E-state index contributed by atoms with van der Waals surface area (Å²) in [6.45, 7) is 1.47. The molecule has 1 aliphatic carbocycles. The Kier molecular flexibility index (Phi) is 5.89. The van der Waals surface area contributed by atoms with E-state index in [0.29, 0.717) is 19.6 Å². The number of nitrogens with one attached hydrogen (secondary N) is 1. The minimum atomic E-state index is -0.828. The highest BCUT2D eigenvalue weighted by Gasteiger charge is 2.28. The molecule has 8 heteroatoms. The van der Waals surface area contributed by atoms with E-state index < -0.39 is 17.5 Å². The smallest absolute Gasteiger partial charge is 0.256 e. The molecule has 2 aromatic rings. The lowest BCUT2D eigenvalue weighted by molar-refractivity contribution is -0.127. The molecule has 2 heterocycles. The van der Waals surface area contributed by atoms with Gasteiger partial charge in [0.15, 0.2) is 0 Å². The average Bonchev–Trinajstić information content (AvgIpc) is 3.14. The quantitative estimate of drug-likeness (QED) is 0.801. The van der Waals surface area contributed by atoms with E-state index in [9.17, 15) is 18.4 Å². The van der Waals surface area contributed by atoms with Crippen molar-refractivity contribution in [1.29, 1.82) is 0 Å². The van der Waals surface area contributed by atoms with E-state index in [2.05, 4.69) is 10.3 Å². The molecular formula is C21H23F2N3O2S. The van der Waals surface area contributed by atoms with Crippen molar-refractivity contribution in [3.05, 3.63) is 51.5 Å². The van der Waals surface area contributed by atoms with Crippen LogP contribution in [0.25, 0.3) is 0 Å². The molecule has 2 amide bonds. The zero-order chi connectivity index (χ0) is 20.4. The topological polar surface area (TPSA) is 62.3 Å². The lowest BCUT2D eigenvalue weighted by Gasteiger charge is -2.31. The summed E-state index contributed by atoms with van der Waals surface area (Å²) in [6, 6.07) is 3.04. The first kappa shape index (κ1) is 19.9. The van der Waals surface area contributed by atoms with Gasteiger partial charge in [0, 0.05) is 36.4 Å². The standard InChI is InChI=1S/C21H23F2N3O2S/c22-15-4-5-17(18(23)10-15)21(28)26-8-6-14(7-9-26)20-25-16(12-29-20)11-24-19(27)13-2-1-3-13/h4-5,10,12-14H,1-3,6-9,11H2,(H,24,27). The number of carbonyl (C=O) groups is 2. The second kappa shape index (κ2) is 8.57. The average molecular weight is 419 g/mol. The van der Waals surface area contributed by atoms with E-state index in [1.807, 2.05) is 5.38 Å². The summed E-state index contributed by atoms with van der Waals surface area (Å²) in [5, 5.41) is 5.94. The van der Waals surface area contributed by atoms with Gasteiger partial charge >= 0.3 is 0 Å². The number of aromatic nitrogens is 1. The molecule has 1 saturated heterocycles. The van der Waals surface area contributed by atoms with Crippen molar-refractivity contribution in [2.75, 3.05) is 13.1 Å². The first-order valence-corrected chi connectivity index (χ1v) is 10.9. The third-order valence-corrected chi connectivity index (χ3v) is 6.84. The predicted octanol–water partition coefficient (Wildman–Crippen LogP) is 3.86. The number of nitrogens with zero attached hydrogens (tertiary/aromatic N) is 2. The van der Waals surface area contributed by atoms with Crippen LogP contribution in [0.15, 0.2) is 23.6 Å². The maximum absolute atomic E-state index is 13.9. The fraction of sp³-hybridized carbons (Fsp3) is 0.476. The van der Waals surface area contributed by atoms with Gasteiger partial charge in [-0.25, -0.2) is 13.8 Å². The summed E-state index contributed by atoms with van der Waals surface area (Å²) in [5.74, 6) is -1.39. The number of hydrogen-bond donors (Lipinski definition) is 1. The molecule has 2 fully saturated rings. The van der Waals surface area contributed by atoms with Gasteiger partial charge in [-0.1, -0.05) is 6.42 Å². The molecule has 1 aromatic carbocycles. The Hall–Kier alpha value is -2.35. The van der Waals surface area contributed by atoms with Gasteiger partial charge in [-0.15, -0.1) is 11.3 Å². The van der Waals surface area contributed by atoms with Gasteiger partial charge in [-0.2, -0.15) is 0 Å². The zero-order valence-corrected chi connectivity index (χ0v) is 16.8. The van der Waals surface area contributed by atoms with Crippen LogP contribution in [0.5, 0.6) is 0 Å². The Morgan fingerprint density at radius 1 is 1.17 bits per heavy atom. The lowest BCUT2D eigenvalue weighted by atomic mass is 9.85. The van der Waals surface area contributed by atoms with Crippen molar-refractivity contribution in [3.8, 4) is 0 Å². The van der Waals surface area contributed by atoms with E-state index >= 15 is 0 Å². The van der Waals surface area contributed by atoms with Crippen LogP contribution in [0.1, 0.15) is 59.1 Å². The molecular weight excluding hydrogens is 396 g/mol. The number of piperidine rings is 1. The van der Waals surface area contributed by atoms with Crippen LogP contribution in [0.4, 0.5) is 8.78 Å². The van der Waals surface area contributed by atoms with Crippen LogP contribution < -0.4 is 5.32 Å². The summed E-state index contributed by atoms with van der Waals surface area (Å²) in [4.78, 5) is 30.7. The number of benzene rings is 1. The van der Waals surface area contributed by atoms with Crippen molar-refractivity contribution in [2.45, 2.75) is 44.6 Å². The van der Waals surface area contributed by atoms with Crippen LogP contribution in [-0.2, 0) is 11.3 Å². The number of thiazole rings is 1. The summed E-state index contributed by atoms with van der Waals surface area (Å²) < 4.78 is 26.9. The van der Waals surface area contributed by atoms with Gasteiger partial charge in [0.2, 0.25) is 5.91 Å². The molecule has 5 nitrogen and oxygen atoms in total. The Labute approximate surface area is 172 Å². The molecule has 0 unspecified atom stereocenters. The molecule has 0 radical (unpaired) electrons. The van der Waals surface area contributed by atoms with Gasteiger partial charge in [0.1, 0.15) is 11.6 Å². The molecule has 0 bridgehead atoms. The zero-order valence-electron chi connectivity index (χ0n) is 16.0. The summed E-state index contributed by atoms with van der Waals surface area (Å²) in [6.07, 6.45) is 4.58. The second-order valence-corrected chi connectivity index (χ2v) is 8.60. The fourth-order valence-electron chi connectivity index (χ4n) is 3.75. The second-order valence-electron chi connectivity index (χ2n) is 7.71. The lowest BCUT2D eigenvalue weighted by Crippen LogP contribution is -2.38. The van der Waals surface area contributed by atoms with E-state index in [1.165, 1.54) is 6.07 Å². The maximum Gasteiger partial charge on any atom is 0.256 e. The molecule has 1 aromatic heterocycles. The molecule has 0 spiro atoms. The van der Waals surface area contributed by atoms with Gasteiger partial charge < -0.3 is 10.2 Å². The molecule has 29 heavy (non-hydrogen) atoms. The van der Waals surface area contributed by atoms with Crippen LogP contribution >= 0.6 is 11.3 Å². The van der Waals surface area contributed by atoms with Crippen molar-refractivity contribution in [3.63, 3.8) is 0 Å². The molecule has 0 atom stereocenters. The molecule has 4 rings (SSSR count). The number of halogens is 2. The molecule has 154 valence electrons. The normalized spacial score (nSPS) is 17.8. The highest BCUT2D eigenvalue weighted by molar-refractivity contribution is 7.09. The van der Waals surface area contributed by atoms with E-state index in [4.69, 9.17) is 0 Å². The van der Waals surface area contributed by atoms with Crippen molar-refractivity contribution < 1.29 is 18.4 Å². The number of amides is 2. The Bertz CT molecular complexity index is 905. The van der Waals surface area contributed by atoms with E-state index in [-0.39, 0.29) is 23.3 Å². The van der Waals surface area contributed by atoms with Gasteiger partial charge in [-0.05, 0) is 37.8 Å². The molecule has 1 N–H and O–H groups in total. The van der Waals surface area contributed by atoms with Gasteiger partial charge in [0.05, 0.1) is 22.8 Å². The van der Waals surface area contributed by atoms with Crippen molar-refractivity contribution >= 4 is 23.2 Å². The minimum Gasteiger partial charge on any atom is -0.350 e. The van der Waals surface area contributed by atoms with Crippen molar-refractivity contribution in [1.82, 2.24) is 15.2 Å². The van der Waals surface area contributed by atoms with Crippen LogP contribution in [0, 0.1) is 17.6 Å². The monoisotopic (exact) mass is 419 g/mol. The van der Waals surface area contributed by atoms with E-state index in [0.717, 1.165) is 54.9 Å². The highest BCUT2D eigenvalue weighted by Crippen LogP contribution is 2.31.